The summed E-state index contributed by atoms with van der Waals surface area (Å²) in [5.74, 6) is -0.282. The average Bonchev–Trinajstić information content (AvgIpc) is 3.04. The highest BCUT2D eigenvalue weighted by molar-refractivity contribution is 6.03. The molecule has 0 bridgehead atoms. The smallest absolute Gasteiger partial charge is 0.355 e. The van der Waals surface area contributed by atoms with Gasteiger partial charge in [-0.05, 0) is 62.1 Å². The van der Waals surface area contributed by atoms with Gasteiger partial charge in [-0.3, -0.25) is 4.79 Å². The minimum atomic E-state index is -0.601. The van der Waals surface area contributed by atoms with Gasteiger partial charge in [-0.1, -0.05) is 45.0 Å². The van der Waals surface area contributed by atoms with Crippen LogP contribution in [0.4, 0.5) is 0 Å². The second kappa shape index (κ2) is 8.27. The van der Waals surface area contributed by atoms with Crippen molar-refractivity contribution in [2.45, 2.75) is 84.3 Å². The molecule has 1 heterocycles. The van der Waals surface area contributed by atoms with Crippen LogP contribution in [0.15, 0.2) is 24.3 Å². The summed E-state index contributed by atoms with van der Waals surface area (Å²) in [5.41, 5.74) is 4.42. The number of carbonyl (C=O) groups excluding carboxylic acids is 2. The number of fused-ring (bicyclic) bond motifs is 1. The zero-order valence-corrected chi connectivity index (χ0v) is 20.0. The monoisotopic (exact) mass is 425 g/mol. The molecule has 1 aliphatic carbocycles. The van der Waals surface area contributed by atoms with E-state index in [0.717, 1.165) is 11.3 Å². The number of benzene rings is 1. The van der Waals surface area contributed by atoms with E-state index in [1.165, 1.54) is 5.56 Å². The Kier molecular flexibility index (Phi) is 6.21. The maximum atomic E-state index is 13.0. The quantitative estimate of drug-likeness (QED) is 0.642. The summed E-state index contributed by atoms with van der Waals surface area (Å²) in [6, 6.07) is 8.56. The minimum Gasteiger partial charge on any atom is -0.455 e. The molecule has 1 aromatic carbocycles. The molecule has 3 rings (SSSR count). The first-order valence-electron chi connectivity index (χ1n) is 11.0. The molecule has 5 nitrogen and oxygen atoms in total. The topological polar surface area (TPSA) is 68.4 Å². The van der Waals surface area contributed by atoms with Crippen LogP contribution in [0.3, 0.4) is 0 Å². The number of hydrogen-bond donors (Lipinski definition) is 1. The van der Waals surface area contributed by atoms with E-state index in [1.54, 1.807) is 7.11 Å². The van der Waals surface area contributed by atoms with Crippen LogP contribution in [0.25, 0.3) is 0 Å². The maximum Gasteiger partial charge on any atom is 0.355 e. The molecule has 0 radical (unpaired) electrons. The summed E-state index contributed by atoms with van der Waals surface area (Å²) in [5, 5.41) is 0. The fraction of sp³-hybridized carbons (Fsp3) is 0.538. The number of carbonyl (C=O) groups is 2. The van der Waals surface area contributed by atoms with E-state index < -0.39 is 17.7 Å². The van der Waals surface area contributed by atoms with Crippen LogP contribution >= 0.6 is 0 Å². The summed E-state index contributed by atoms with van der Waals surface area (Å²) in [4.78, 5) is 29.0. The Hall–Kier alpha value is -2.40. The Balaban J connectivity index is 1.83. The van der Waals surface area contributed by atoms with Crippen molar-refractivity contribution < 1.29 is 19.1 Å². The molecule has 1 aromatic heterocycles. The van der Waals surface area contributed by atoms with Crippen LogP contribution < -0.4 is 0 Å². The van der Waals surface area contributed by atoms with Crippen molar-refractivity contribution in [3.05, 3.63) is 57.9 Å². The zero-order chi connectivity index (χ0) is 23.1. The minimum absolute atomic E-state index is 0.0733. The SMILES string of the molecule is COC(C)(C)C(C)OC(=O)c1[nH]c2c(c1C)C(=O)CC(c1ccc(C(C)(C)C)cc1)C2. The largest absolute Gasteiger partial charge is 0.455 e. The molecule has 0 spiro atoms. The summed E-state index contributed by atoms with van der Waals surface area (Å²) in [6.07, 6.45) is 0.709. The lowest BCUT2D eigenvalue weighted by atomic mass is 9.80. The summed E-state index contributed by atoms with van der Waals surface area (Å²) >= 11 is 0. The number of Topliss-reactive ketones (excluding diaryl/α,β-unsaturated/α-hetero) is 1. The molecular formula is C26H35NO4. The number of hydrogen-bond acceptors (Lipinski definition) is 4. The fourth-order valence-corrected chi connectivity index (χ4v) is 4.06. The Morgan fingerprint density at radius 3 is 2.26 bits per heavy atom. The molecule has 2 atom stereocenters. The summed E-state index contributed by atoms with van der Waals surface area (Å²) in [6.45, 7) is 13.9. The van der Waals surface area contributed by atoms with E-state index in [-0.39, 0.29) is 17.1 Å². The third-order valence-electron chi connectivity index (χ3n) is 6.73. The van der Waals surface area contributed by atoms with Crippen molar-refractivity contribution in [1.82, 2.24) is 4.98 Å². The fourth-order valence-electron chi connectivity index (χ4n) is 4.06. The van der Waals surface area contributed by atoms with Gasteiger partial charge in [-0.25, -0.2) is 4.79 Å². The van der Waals surface area contributed by atoms with Crippen molar-refractivity contribution in [2.75, 3.05) is 7.11 Å². The highest BCUT2D eigenvalue weighted by atomic mass is 16.6. The van der Waals surface area contributed by atoms with E-state index >= 15 is 0 Å². The Labute approximate surface area is 185 Å². The molecule has 0 aliphatic heterocycles. The van der Waals surface area contributed by atoms with E-state index in [2.05, 4.69) is 50.0 Å². The first kappa shape index (κ1) is 23.3. The van der Waals surface area contributed by atoms with Crippen molar-refractivity contribution >= 4 is 11.8 Å². The van der Waals surface area contributed by atoms with Crippen LogP contribution in [-0.4, -0.2) is 35.6 Å². The number of ketones is 1. The Morgan fingerprint density at radius 2 is 1.71 bits per heavy atom. The lowest BCUT2D eigenvalue weighted by Crippen LogP contribution is -2.39. The molecule has 5 heteroatoms. The predicted molar refractivity (Wildman–Crippen MR) is 122 cm³/mol. The summed E-state index contributed by atoms with van der Waals surface area (Å²) < 4.78 is 11.1. The van der Waals surface area contributed by atoms with Crippen LogP contribution in [0.5, 0.6) is 0 Å². The lowest BCUT2D eigenvalue weighted by molar-refractivity contribution is -0.0797. The number of rotatable bonds is 5. The number of esters is 1. The van der Waals surface area contributed by atoms with Gasteiger partial charge in [-0.15, -0.1) is 0 Å². The van der Waals surface area contributed by atoms with Gasteiger partial charge in [-0.2, -0.15) is 0 Å². The van der Waals surface area contributed by atoms with Gasteiger partial charge in [0.15, 0.2) is 5.78 Å². The molecule has 0 saturated carbocycles. The first-order chi connectivity index (χ1) is 14.3. The molecule has 1 aliphatic rings. The number of H-pyrrole nitrogens is 1. The number of ether oxygens (including phenoxy) is 2. The molecule has 2 aromatic rings. The predicted octanol–water partition coefficient (Wildman–Crippen LogP) is 5.50. The number of aromatic nitrogens is 1. The molecule has 0 amide bonds. The maximum absolute atomic E-state index is 13.0. The molecule has 0 fully saturated rings. The average molecular weight is 426 g/mol. The number of methoxy groups -OCH3 is 1. The van der Waals surface area contributed by atoms with E-state index in [4.69, 9.17) is 9.47 Å². The van der Waals surface area contributed by atoms with Crippen molar-refractivity contribution in [2.24, 2.45) is 0 Å². The Bertz CT molecular complexity index is 976. The second-order valence-corrected chi connectivity index (χ2v) is 10.2. The third-order valence-corrected chi connectivity index (χ3v) is 6.73. The van der Waals surface area contributed by atoms with E-state index in [0.29, 0.717) is 29.7 Å². The lowest BCUT2D eigenvalue weighted by Gasteiger charge is -2.29. The van der Waals surface area contributed by atoms with Crippen LogP contribution in [-0.2, 0) is 21.3 Å². The van der Waals surface area contributed by atoms with Gasteiger partial charge in [0.2, 0.25) is 0 Å². The van der Waals surface area contributed by atoms with Gasteiger partial charge in [0.1, 0.15) is 11.8 Å². The van der Waals surface area contributed by atoms with Gasteiger partial charge < -0.3 is 14.5 Å². The normalized spacial score (nSPS) is 17.9. The third kappa shape index (κ3) is 4.62. The van der Waals surface area contributed by atoms with E-state index in [1.807, 2.05) is 27.7 Å². The van der Waals surface area contributed by atoms with Crippen molar-refractivity contribution in [3.63, 3.8) is 0 Å². The van der Waals surface area contributed by atoms with Gasteiger partial charge >= 0.3 is 5.97 Å². The van der Waals surface area contributed by atoms with E-state index in [9.17, 15) is 9.59 Å². The van der Waals surface area contributed by atoms with Gasteiger partial charge in [0, 0.05) is 24.8 Å². The van der Waals surface area contributed by atoms with Gasteiger partial charge in [0.05, 0.1) is 5.60 Å². The molecule has 2 unspecified atom stereocenters. The number of aromatic amines is 1. The van der Waals surface area contributed by atoms with Crippen LogP contribution in [0.2, 0.25) is 0 Å². The van der Waals surface area contributed by atoms with Crippen molar-refractivity contribution in [1.29, 1.82) is 0 Å². The molecular weight excluding hydrogens is 390 g/mol. The highest BCUT2D eigenvalue weighted by Gasteiger charge is 2.34. The standard InChI is InChI=1S/C26H35NO4/c1-15-22-20(27-23(15)24(29)31-16(2)26(6,7)30-8)13-18(14-21(22)28)17-9-11-19(12-10-17)25(3,4)5/h9-12,16,18,27H,13-14H2,1-8H3. The van der Waals surface area contributed by atoms with Crippen LogP contribution in [0.1, 0.15) is 97.1 Å². The molecule has 31 heavy (non-hydrogen) atoms. The van der Waals surface area contributed by atoms with Crippen molar-refractivity contribution in [3.8, 4) is 0 Å². The van der Waals surface area contributed by atoms with Gasteiger partial charge in [0.25, 0.3) is 0 Å². The Morgan fingerprint density at radius 1 is 1.10 bits per heavy atom. The van der Waals surface area contributed by atoms with Crippen LogP contribution in [0, 0.1) is 6.92 Å². The molecule has 1 N–H and O–H groups in total. The first-order valence-corrected chi connectivity index (χ1v) is 11.0. The highest BCUT2D eigenvalue weighted by Crippen LogP contribution is 2.36. The number of nitrogens with one attached hydrogen (secondary N) is 1. The zero-order valence-electron chi connectivity index (χ0n) is 20.0. The molecule has 0 saturated heterocycles. The summed E-state index contributed by atoms with van der Waals surface area (Å²) in [7, 11) is 1.59. The second-order valence-electron chi connectivity index (χ2n) is 10.2. The molecule has 168 valence electrons.